The molecule has 6 nitrogen and oxygen atoms in total. The minimum absolute atomic E-state index is 0.0449. The largest absolute Gasteiger partial charge is 0.493 e. The van der Waals surface area contributed by atoms with E-state index in [0.29, 0.717) is 30.0 Å². The maximum Gasteiger partial charge on any atom is 0.259 e. The van der Waals surface area contributed by atoms with Gasteiger partial charge in [-0.3, -0.25) is 14.5 Å². The second-order valence-electron chi connectivity index (χ2n) is 9.16. The highest BCUT2D eigenvalue weighted by Crippen LogP contribution is 2.52. The molecular formula is C29H26N2O4. The fourth-order valence-corrected chi connectivity index (χ4v) is 5.91. The van der Waals surface area contributed by atoms with Crippen molar-refractivity contribution in [3.63, 3.8) is 0 Å². The number of hydrogen-bond donors (Lipinski definition) is 0. The Labute approximate surface area is 204 Å². The number of hydrogen-bond acceptors (Lipinski definition) is 4. The molecule has 0 aromatic heterocycles. The van der Waals surface area contributed by atoms with Crippen LogP contribution in [0.5, 0.6) is 11.5 Å². The number of rotatable bonds is 3. The first-order chi connectivity index (χ1) is 17.0. The SMILES string of the molecule is COc1cc2c(cc1OC)C1=C(C)[C@H]3c4ccccc4N(C(=O)c4ccccc4)[C@H]3C(=O)N1CC2. The Balaban J connectivity index is 1.54. The monoisotopic (exact) mass is 466 g/mol. The average molecular weight is 467 g/mol. The highest BCUT2D eigenvalue weighted by molar-refractivity contribution is 6.14. The van der Waals surface area contributed by atoms with E-state index in [1.807, 2.05) is 59.5 Å². The van der Waals surface area contributed by atoms with Crippen molar-refractivity contribution in [1.29, 1.82) is 0 Å². The van der Waals surface area contributed by atoms with Crippen molar-refractivity contribution >= 4 is 23.2 Å². The fourth-order valence-electron chi connectivity index (χ4n) is 5.91. The van der Waals surface area contributed by atoms with Crippen molar-refractivity contribution < 1.29 is 19.1 Å². The Morgan fingerprint density at radius 3 is 2.37 bits per heavy atom. The van der Waals surface area contributed by atoms with Crippen LogP contribution in [0.1, 0.15) is 39.9 Å². The molecule has 0 aliphatic carbocycles. The topological polar surface area (TPSA) is 59.1 Å². The Morgan fingerprint density at radius 2 is 1.63 bits per heavy atom. The maximum absolute atomic E-state index is 14.1. The number of amides is 2. The average Bonchev–Trinajstić information content (AvgIpc) is 3.26. The van der Waals surface area contributed by atoms with E-state index in [9.17, 15) is 9.59 Å². The van der Waals surface area contributed by atoms with Crippen molar-refractivity contribution in [1.82, 2.24) is 4.90 Å². The molecule has 0 unspecified atom stereocenters. The number of anilines is 1. The van der Waals surface area contributed by atoms with Gasteiger partial charge < -0.3 is 14.4 Å². The zero-order valence-electron chi connectivity index (χ0n) is 19.9. The molecule has 2 atom stereocenters. The quantitative estimate of drug-likeness (QED) is 0.564. The van der Waals surface area contributed by atoms with Gasteiger partial charge in [-0.15, -0.1) is 0 Å². The Kier molecular flexibility index (Phi) is 4.92. The molecule has 0 radical (unpaired) electrons. The molecule has 3 aromatic rings. The van der Waals surface area contributed by atoms with E-state index in [2.05, 4.69) is 6.92 Å². The van der Waals surface area contributed by atoms with Gasteiger partial charge in [-0.25, -0.2) is 0 Å². The normalized spacial score (nSPS) is 20.1. The number of benzene rings is 3. The van der Waals surface area contributed by atoms with Gasteiger partial charge in [-0.1, -0.05) is 36.4 Å². The molecule has 0 fully saturated rings. The van der Waals surface area contributed by atoms with Gasteiger partial charge in [-0.2, -0.15) is 0 Å². The van der Waals surface area contributed by atoms with Crippen molar-refractivity contribution in [3.8, 4) is 11.5 Å². The van der Waals surface area contributed by atoms with Crippen LogP contribution in [-0.2, 0) is 11.2 Å². The predicted octanol–water partition coefficient (Wildman–Crippen LogP) is 4.65. The fraction of sp³-hybridized carbons (Fsp3) is 0.241. The summed E-state index contributed by atoms with van der Waals surface area (Å²) in [6.45, 7) is 2.65. The first kappa shape index (κ1) is 21.5. The van der Waals surface area contributed by atoms with Gasteiger partial charge in [0.25, 0.3) is 11.8 Å². The third-order valence-electron chi connectivity index (χ3n) is 7.46. The summed E-state index contributed by atoms with van der Waals surface area (Å²) in [7, 11) is 3.25. The van der Waals surface area contributed by atoms with E-state index in [1.165, 1.54) is 0 Å². The molecular weight excluding hydrogens is 440 g/mol. The predicted molar refractivity (Wildman–Crippen MR) is 134 cm³/mol. The summed E-state index contributed by atoms with van der Waals surface area (Å²) in [6.07, 6.45) is 0.704. The van der Waals surface area contributed by atoms with Crippen LogP contribution >= 0.6 is 0 Å². The Bertz CT molecular complexity index is 1400. The molecule has 6 heteroatoms. The number of ether oxygens (including phenoxy) is 2. The maximum atomic E-state index is 14.1. The second kappa shape index (κ2) is 8.01. The van der Waals surface area contributed by atoms with Crippen molar-refractivity contribution in [2.45, 2.75) is 25.3 Å². The molecule has 0 spiro atoms. The summed E-state index contributed by atoms with van der Waals surface area (Å²) in [4.78, 5) is 31.4. The number of carbonyl (C=O) groups is 2. The first-order valence-corrected chi connectivity index (χ1v) is 11.8. The molecule has 35 heavy (non-hydrogen) atoms. The second-order valence-corrected chi connectivity index (χ2v) is 9.16. The molecule has 176 valence electrons. The number of para-hydroxylation sites is 1. The summed E-state index contributed by atoms with van der Waals surface area (Å²) in [5.41, 5.74) is 6.50. The minimum Gasteiger partial charge on any atom is -0.493 e. The molecule has 3 aromatic carbocycles. The zero-order chi connectivity index (χ0) is 24.3. The lowest BCUT2D eigenvalue weighted by Gasteiger charge is -2.43. The van der Waals surface area contributed by atoms with Gasteiger partial charge in [0, 0.05) is 29.3 Å². The van der Waals surface area contributed by atoms with Gasteiger partial charge in [-0.05, 0) is 60.4 Å². The van der Waals surface area contributed by atoms with E-state index in [4.69, 9.17) is 9.47 Å². The van der Waals surface area contributed by atoms with Crippen molar-refractivity contribution in [2.75, 3.05) is 25.7 Å². The number of fused-ring (bicyclic) bond motifs is 6. The molecule has 0 N–H and O–H groups in total. The van der Waals surface area contributed by atoms with Gasteiger partial charge in [0.05, 0.1) is 19.9 Å². The van der Waals surface area contributed by atoms with Gasteiger partial charge >= 0.3 is 0 Å². The number of nitrogens with zero attached hydrogens (tertiary/aromatic N) is 2. The lowest BCUT2D eigenvalue weighted by atomic mass is 9.79. The molecule has 0 bridgehead atoms. The third kappa shape index (κ3) is 3.02. The van der Waals surface area contributed by atoms with Crippen LogP contribution in [0, 0.1) is 0 Å². The summed E-state index contributed by atoms with van der Waals surface area (Å²) in [6, 6.07) is 20.4. The van der Waals surface area contributed by atoms with E-state index >= 15 is 0 Å². The van der Waals surface area contributed by atoms with Crippen LogP contribution in [0.3, 0.4) is 0 Å². The van der Waals surface area contributed by atoms with Gasteiger partial charge in [0.1, 0.15) is 6.04 Å². The van der Waals surface area contributed by atoms with E-state index in [1.54, 1.807) is 31.3 Å². The molecule has 0 saturated heterocycles. The van der Waals surface area contributed by atoms with Crippen molar-refractivity contribution in [2.24, 2.45) is 0 Å². The number of carbonyl (C=O) groups excluding carboxylic acids is 2. The summed E-state index contributed by atoms with van der Waals surface area (Å²) < 4.78 is 11.1. The zero-order valence-corrected chi connectivity index (χ0v) is 19.9. The molecule has 2 amide bonds. The van der Waals surface area contributed by atoms with Crippen LogP contribution in [0.2, 0.25) is 0 Å². The van der Waals surface area contributed by atoms with Gasteiger partial charge in [0.15, 0.2) is 11.5 Å². The Hall–Kier alpha value is -4.06. The highest BCUT2D eigenvalue weighted by Gasteiger charge is 2.52. The lowest BCUT2D eigenvalue weighted by Crippen LogP contribution is -2.54. The molecule has 0 saturated carbocycles. The van der Waals surface area contributed by atoms with Crippen molar-refractivity contribution in [3.05, 3.63) is 94.6 Å². The minimum atomic E-state index is -0.606. The van der Waals surface area contributed by atoms with E-state index in [-0.39, 0.29) is 17.7 Å². The number of methoxy groups -OCH3 is 2. The lowest BCUT2D eigenvalue weighted by molar-refractivity contribution is -0.130. The molecule has 6 rings (SSSR count). The molecule has 3 heterocycles. The van der Waals surface area contributed by atoms with Crippen LogP contribution in [0.25, 0.3) is 5.70 Å². The van der Waals surface area contributed by atoms with Crippen LogP contribution < -0.4 is 14.4 Å². The standard InChI is InChI=1S/C29H26N2O4/c1-17-25-20-11-7-8-12-22(20)31(28(32)18-9-5-4-6-10-18)27(25)29(33)30-14-13-19-15-23(34-2)24(35-3)16-21(19)26(17)30/h4-12,15-16,25,27H,13-14H2,1-3H3/t25-,27+/m0/s1. The highest BCUT2D eigenvalue weighted by atomic mass is 16.5. The Morgan fingerprint density at radius 1 is 0.943 bits per heavy atom. The molecule has 3 aliphatic heterocycles. The third-order valence-corrected chi connectivity index (χ3v) is 7.46. The summed E-state index contributed by atoms with van der Waals surface area (Å²) in [5.74, 6) is 0.909. The summed E-state index contributed by atoms with van der Waals surface area (Å²) >= 11 is 0. The van der Waals surface area contributed by atoms with E-state index in [0.717, 1.165) is 33.6 Å². The molecule has 3 aliphatic rings. The van der Waals surface area contributed by atoms with E-state index < -0.39 is 6.04 Å². The van der Waals surface area contributed by atoms with Crippen LogP contribution in [0.15, 0.2) is 72.3 Å². The van der Waals surface area contributed by atoms with Crippen LogP contribution in [-0.4, -0.2) is 43.5 Å². The summed E-state index contributed by atoms with van der Waals surface area (Å²) in [5, 5.41) is 0. The van der Waals surface area contributed by atoms with Crippen LogP contribution in [0.4, 0.5) is 5.69 Å². The van der Waals surface area contributed by atoms with Gasteiger partial charge in [0.2, 0.25) is 0 Å². The first-order valence-electron chi connectivity index (χ1n) is 11.8. The smallest absolute Gasteiger partial charge is 0.259 e.